The number of hydrogen-bond donors (Lipinski definition) is 0. The minimum atomic E-state index is 0.715. The Hall–Kier alpha value is -3.05. The second-order valence-corrected chi connectivity index (χ2v) is 8.15. The molecule has 3 aromatic carbocycles. The Kier molecular flexibility index (Phi) is 9.20. The van der Waals surface area contributed by atoms with E-state index in [0.29, 0.717) is 5.56 Å². The summed E-state index contributed by atoms with van der Waals surface area (Å²) in [6, 6.07) is 27.3. The number of ether oxygens (including phenoxy) is 1. The summed E-state index contributed by atoms with van der Waals surface area (Å²) in [5.41, 5.74) is 5.74. The van der Waals surface area contributed by atoms with Gasteiger partial charge in [0.25, 0.3) is 0 Å². The van der Waals surface area contributed by atoms with Crippen LogP contribution in [0.15, 0.2) is 72.8 Å². The van der Waals surface area contributed by atoms with Gasteiger partial charge in [0, 0.05) is 0 Å². The van der Waals surface area contributed by atoms with Crippen LogP contribution < -0.4 is 4.74 Å². The predicted octanol–water partition coefficient (Wildman–Crippen LogP) is 7.75. The number of nitrogens with zero attached hydrogens (tertiary/aromatic N) is 1. The number of hydrogen-bond acceptors (Lipinski definition) is 2. The Labute approximate surface area is 187 Å². The predicted molar refractivity (Wildman–Crippen MR) is 129 cm³/mol. The standard InChI is InChI=1S/C29H33NO/c1-2-3-4-5-6-7-22-31-29-20-18-28(19-21-29)27-16-14-25(15-17-27)9-8-24-10-12-26(23-30)13-11-24/h10-21H,2-9,22H2,1H3. The highest BCUT2D eigenvalue weighted by atomic mass is 16.5. The lowest BCUT2D eigenvalue weighted by molar-refractivity contribution is 0.304. The summed E-state index contributed by atoms with van der Waals surface area (Å²) in [5.74, 6) is 0.955. The van der Waals surface area contributed by atoms with Crippen LogP contribution in [-0.4, -0.2) is 6.61 Å². The average molecular weight is 412 g/mol. The smallest absolute Gasteiger partial charge is 0.119 e. The summed E-state index contributed by atoms with van der Waals surface area (Å²) in [7, 11) is 0. The minimum absolute atomic E-state index is 0.715. The van der Waals surface area contributed by atoms with E-state index in [-0.39, 0.29) is 0 Å². The zero-order chi connectivity index (χ0) is 21.7. The lowest BCUT2D eigenvalue weighted by Crippen LogP contribution is -1.97. The third-order valence-electron chi connectivity index (χ3n) is 5.69. The summed E-state index contributed by atoms with van der Waals surface area (Å²) >= 11 is 0. The maximum absolute atomic E-state index is 8.90. The number of unbranched alkanes of at least 4 members (excludes halogenated alkanes) is 5. The summed E-state index contributed by atoms with van der Waals surface area (Å²) < 4.78 is 5.89. The van der Waals surface area contributed by atoms with Crippen molar-refractivity contribution in [1.29, 1.82) is 5.26 Å². The molecule has 0 amide bonds. The molecule has 0 aromatic heterocycles. The van der Waals surface area contributed by atoms with Gasteiger partial charge in [0.2, 0.25) is 0 Å². The maximum atomic E-state index is 8.90. The Morgan fingerprint density at radius 2 is 1.16 bits per heavy atom. The summed E-state index contributed by atoms with van der Waals surface area (Å²) in [6.45, 7) is 3.06. The number of aryl methyl sites for hydroxylation is 2. The van der Waals surface area contributed by atoms with Gasteiger partial charge in [-0.2, -0.15) is 5.26 Å². The lowest BCUT2D eigenvalue weighted by Gasteiger charge is -2.08. The van der Waals surface area contributed by atoms with Gasteiger partial charge in [-0.3, -0.25) is 0 Å². The first-order valence-corrected chi connectivity index (χ1v) is 11.6. The molecule has 3 rings (SSSR count). The number of benzene rings is 3. The van der Waals surface area contributed by atoms with Crippen molar-refractivity contribution < 1.29 is 4.74 Å². The molecule has 0 atom stereocenters. The molecule has 160 valence electrons. The Morgan fingerprint density at radius 1 is 0.645 bits per heavy atom. The molecule has 0 aliphatic heterocycles. The topological polar surface area (TPSA) is 33.0 Å². The van der Waals surface area contributed by atoms with Gasteiger partial charge in [0.1, 0.15) is 5.75 Å². The average Bonchev–Trinajstić information content (AvgIpc) is 2.83. The van der Waals surface area contributed by atoms with Crippen LogP contribution in [0.3, 0.4) is 0 Å². The van der Waals surface area contributed by atoms with E-state index >= 15 is 0 Å². The van der Waals surface area contributed by atoms with Crippen LogP contribution in [0.25, 0.3) is 11.1 Å². The maximum Gasteiger partial charge on any atom is 0.119 e. The van der Waals surface area contributed by atoms with Crippen LogP contribution in [0, 0.1) is 11.3 Å². The van der Waals surface area contributed by atoms with E-state index in [4.69, 9.17) is 10.00 Å². The van der Waals surface area contributed by atoms with Crippen molar-refractivity contribution in [2.75, 3.05) is 6.61 Å². The van der Waals surface area contributed by atoms with Crippen LogP contribution in [-0.2, 0) is 12.8 Å². The number of nitriles is 1. The van der Waals surface area contributed by atoms with Crippen molar-refractivity contribution >= 4 is 0 Å². The highest BCUT2D eigenvalue weighted by Gasteiger charge is 2.01. The fraction of sp³-hybridized carbons (Fsp3) is 0.345. The van der Waals surface area contributed by atoms with Crippen molar-refractivity contribution in [3.63, 3.8) is 0 Å². The van der Waals surface area contributed by atoms with Crippen LogP contribution in [0.1, 0.15) is 62.1 Å². The Bertz CT molecular complexity index is 934. The molecule has 0 heterocycles. The molecule has 0 unspecified atom stereocenters. The molecule has 0 aliphatic carbocycles. The molecule has 0 aliphatic rings. The normalized spacial score (nSPS) is 10.6. The molecule has 0 fully saturated rings. The molecule has 0 N–H and O–H groups in total. The number of rotatable bonds is 12. The first kappa shape index (κ1) is 22.6. The van der Waals surface area contributed by atoms with Crippen molar-refractivity contribution in [2.24, 2.45) is 0 Å². The van der Waals surface area contributed by atoms with Crippen molar-refractivity contribution in [1.82, 2.24) is 0 Å². The first-order valence-electron chi connectivity index (χ1n) is 11.6. The van der Waals surface area contributed by atoms with Crippen LogP contribution in [0.5, 0.6) is 5.75 Å². The van der Waals surface area contributed by atoms with Gasteiger partial charge < -0.3 is 4.74 Å². The van der Waals surface area contributed by atoms with Gasteiger partial charge in [0.05, 0.1) is 18.2 Å². The summed E-state index contributed by atoms with van der Waals surface area (Å²) in [4.78, 5) is 0. The van der Waals surface area contributed by atoms with Crippen molar-refractivity contribution in [3.05, 3.63) is 89.5 Å². The molecule has 0 bridgehead atoms. The van der Waals surface area contributed by atoms with Gasteiger partial charge in [0.15, 0.2) is 0 Å². The van der Waals surface area contributed by atoms with E-state index in [1.54, 1.807) is 0 Å². The van der Waals surface area contributed by atoms with Crippen LogP contribution in [0.4, 0.5) is 0 Å². The third kappa shape index (κ3) is 7.61. The largest absolute Gasteiger partial charge is 0.494 e. The highest BCUT2D eigenvalue weighted by Crippen LogP contribution is 2.23. The summed E-state index contributed by atoms with van der Waals surface area (Å²) in [5, 5.41) is 8.90. The molecule has 0 radical (unpaired) electrons. The molecule has 0 saturated heterocycles. The van der Waals surface area contributed by atoms with Gasteiger partial charge in [-0.15, -0.1) is 0 Å². The van der Waals surface area contributed by atoms with E-state index in [1.807, 2.05) is 24.3 Å². The van der Waals surface area contributed by atoms with Crippen LogP contribution >= 0.6 is 0 Å². The molecule has 31 heavy (non-hydrogen) atoms. The second kappa shape index (κ2) is 12.6. The first-order chi connectivity index (χ1) is 15.3. The lowest BCUT2D eigenvalue weighted by atomic mass is 10.00. The van der Waals surface area contributed by atoms with Gasteiger partial charge >= 0.3 is 0 Å². The monoisotopic (exact) mass is 411 g/mol. The van der Waals surface area contributed by atoms with E-state index in [2.05, 4.69) is 61.5 Å². The molecule has 2 heteroatoms. The minimum Gasteiger partial charge on any atom is -0.494 e. The second-order valence-electron chi connectivity index (χ2n) is 8.15. The highest BCUT2D eigenvalue weighted by molar-refractivity contribution is 5.64. The summed E-state index contributed by atoms with van der Waals surface area (Å²) in [6.07, 6.45) is 9.68. The molecular formula is C29H33NO. The van der Waals surface area contributed by atoms with E-state index in [0.717, 1.165) is 31.6 Å². The molecular weight excluding hydrogens is 378 g/mol. The fourth-order valence-electron chi connectivity index (χ4n) is 3.71. The molecule has 0 spiro atoms. The van der Waals surface area contributed by atoms with Gasteiger partial charge in [-0.05, 0) is 65.8 Å². The molecule has 3 aromatic rings. The van der Waals surface area contributed by atoms with E-state index < -0.39 is 0 Å². The Balaban J connectivity index is 1.44. The third-order valence-corrected chi connectivity index (χ3v) is 5.69. The van der Waals surface area contributed by atoms with Crippen molar-refractivity contribution in [3.8, 4) is 22.9 Å². The van der Waals surface area contributed by atoms with Crippen molar-refractivity contribution in [2.45, 2.75) is 58.3 Å². The SMILES string of the molecule is CCCCCCCCOc1ccc(-c2ccc(CCc3ccc(C#N)cc3)cc2)cc1. The van der Waals surface area contributed by atoms with Gasteiger partial charge in [-0.25, -0.2) is 0 Å². The Morgan fingerprint density at radius 3 is 1.74 bits per heavy atom. The zero-order valence-corrected chi connectivity index (χ0v) is 18.6. The van der Waals surface area contributed by atoms with E-state index in [1.165, 1.54) is 54.4 Å². The molecule has 2 nitrogen and oxygen atoms in total. The zero-order valence-electron chi connectivity index (χ0n) is 18.6. The molecule has 0 saturated carbocycles. The van der Waals surface area contributed by atoms with E-state index in [9.17, 15) is 0 Å². The van der Waals surface area contributed by atoms with Gasteiger partial charge in [-0.1, -0.05) is 87.6 Å². The van der Waals surface area contributed by atoms with Crippen LogP contribution in [0.2, 0.25) is 0 Å². The quantitative estimate of drug-likeness (QED) is 0.285. The fourth-order valence-corrected chi connectivity index (χ4v) is 3.71.